The molecule has 3 rings (SSSR count). The van der Waals surface area contributed by atoms with Gasteiger partial charge in [-0.1, -0.05) is 0 Å². The van der Waals surface area contributed by atoms with E-state index in [1.807, 2.05) is 24.7 Å². The molecule has 1 aliphatic rings. The first-order valence-corrected chi connectivity index (χ1v) is 7.65. The zero-order valence-corrected chi connectivity index (χ0v) is 12.4. The number of hydrogen-bond donors (Lipinski definition) is 0. The fraction of sp³-hybridized carbons (Fsp3) is 0.500. The molecule has 0 amide bonds. The fourth-order valence-electron chi connectivity index (χ4n) is 2.56. The second-order valence-electron chi connectivity index (χ2n) is 4.91. The Kier molecular flexibility index (Phi) is 3.56. The van der Waals surface area contributed by atoms with Crippen LogP contribution in [0.15, 0.2) is 12.5 Å². The van der Waals surface area contributed by atoms with Crippen LogP contribution in [0.2, 0.25) is 0 Å². The zero-order valence-electron chi connectivity index (χ0n) is 11.6. The molecule has 0 aromatic carbocycles. The summed E-state index contributed by atoms with van der Waals surface area (Å²) in [5.74, 6) is -0.341. The molecule has 0 spiro atoms. The van der Waals surface area contributed by atoms with Gasteiger partial charge < -0.3 is 9.30 Å². The lowest BCUT2D eigenvalue weighted by Gasteiger charge is -2.19. The number of esters is 1. The number of aromatic nitrogens is 3. The van der Waals surface area contributed by atoms with E-state index in [0.717, 1.165) is 35.7 Å². The van der Waals surface area contributed by atoms with Gasteiger partial charge in [0, 0.05) is 11.9 Å². The molecule has 0 saturated heterocycles. The lowest BCUT2D eigenvalue weighted by Crippen LogP contribution is -2.20. The van der Waals surface area contributed by atoms with Crippen molar-refractivity contribution < 1.29 is 9.53 Å². The predicted octanol–water partition coefficient (Wildman–Crippen LogP) is 2.53. The summed E-state index contributed by atoms with van der Waals surface area (Å²) in [4.78, 5) is 22.1. The van der Waals surface area contributed by atoms with Crippen LogP contribution in [0.1, 0.15) is 36.3 Å². The molecule has 5 nitrogen and oxygen atoms in total. The highest BCUT2D eigenvalue weighted by molar-refractivity contribution is 7.15. The lowest BCUT2D eigenvalue weighted by atomic mass is 9.91. The summed E-state index contributed by atoms with van der Waals surface area (Å²) in [5.41, 5.74) is 1.91. The van der Waals surface area contributed by atoms with Gasteiger partial charge >= 0.3 is 5.97 Å². The van der Waals surface area contributed by atoms with Gasteiger partial charge in [-0.2, -0.15) is 0 Å². The van der Waals surface area contributed by atoms with Crippen LogP contribution < -0.4 is 0 Å². The number of nitrogens with zero attached hydrogens (tertiary/aromatic N) is 3. The third-order valence-corrected chi connectivity index (χ3v) is 4.71. The number of carbonyl (C=O) groups is 1. The van der Waals surface area contributed by atoms with Gasteiger partial charge in [0.25, 0.3) is 0 Å². The van der Waals surface area contributed by atoms with Crippen LogP contribution in [-0.2, 0) is 23.0 Å². The SMILES string of the molecule is CCOC(=O)C1CCCc2sc(-c3cncn3C)nc21. The van der Waals surface area contributed by atoms with Gasteiger partial charge in [0.2, 0.25) is 0 Å². The Morgan fingerprint density at radius 3 is 3.15 bits per heavy atom. The minimum Gasteiger partial charge on any atom is -0.465 e. The summed E-state index contributed by atoms with van der Waals surface area (Å²) in [7, 11) is 1.95. The van der Waals surface area contributed by atoms with Gasteiger partial charge in [-0.3, -0.25) is 4.79 Å². The van der Waals surface area contributed by atoms with Crippen LogP contribution in [0.3, 0.4) is 0 Å². The molecular weight excluding hydrogens is 274 g/mol. The fourth-order valence-corrected chi connectivity index (χ4v) is 3.78. The average Bonchev–Trinajstić information content (AvgIpc) is 3.03. The summed E-state index contributed by atoms with van der Waals surface area (Å²) < 4.78 is 7.12. The van der Waals surface area contributed by atoms with Crippen molar-refractivity contribution in [1.29, 1.82) is 0 Å². The van der Waals surface area contributed by atoms with Crippen LogP contribution in [0.5, 0.6) is 0 Å². The highest BCUT2D eigenvalue weighted by Gasteiger charge is 2.31. The second kappa shape index (κ2) is 5.36. The van der Waals surface area contributed by atoms with E-state index >= 15 is 0 Å². The number of aryl methyl sites for hydroxylation is 2. The van der Waals surface area contributed by atoms with Crippen molar-refractivity contribution in [3.63, 3.8) is 0 Å². The van der Waals surface area contributed by atoms with Gasteiger partial charge in [-0.05, 0) is 26.2 Å². The quantitative estimate of drug-likeness (QED) is 0.815. The third kappa shape index (κ3) is 2.24. The molecule has 2 aromatic rings. The van der Waals surface area contributed by atoms with Crippen molar-refractivity contribution in [3.05, 3.63) is 23.1 Å². The van der Waals surface area contributed by atoms with Crippen molar-refractivity contribution in [2.24, 2.45) is 7.05 Å². The van der Waals surface area contributed by atoms with Crippen LogP contribution in [0.4, 0.5) is 0 Å². The molecular formula is C14H17N3O2S. The molecule has 2 aromatic heterocycles. The summed E-state index contributed by atoms with van der Waals surface area (Å²) in [6.07, 6.45) is 6.42. The Labute approximate surface area is 121 Å². The van der Waals surface area contributed by atoms with Gasteiger partial charge in [-0.15, -0.1) is 11.3 Å². The van der Waals surface area contributed by atoms with E-state index < -0.39 is 0 Å². The Bertz CT molecular complexity index is 632. The van der Waals surface area contributed by atoms with Gasteiger partial charge in [0.1, 0.15) is 10.9 Å². The van der Waals surface area contributed by atoms with E-state index in [9.17, 15) is 4.79 Å². The Hall–Kier alpha value is -1.69. The van der Waals surface area contributed by atoms with Crippen LogP contribution in [-0.4, -0.2) is 27.1 Å². The normalized spacial score (nSPS) is 17.8. The van der Waals surface area contributed by atoms with Crippen molar-refractivity contribution in [3.8, 4) is 10.7 Å². The molecule has 1 unspecified atom stereocenters. The first-order chi connectivity index (χ1) is 9.70. The number of ether oxygens (including phenoxy) is 1. The third-order valence-electron chi connectivity index (χ3n) is 3.56. The molecule has 1 atom stereocenters. The minimum atomic E-state index is -0.197. The molecule has 6 heteroatoms. The molecule has 20 heavy (non-hydrogen) atoms. The number of thiazole rings is 1. The molecule has 0 saturated carbocycles. The lowest BCUT2D eigenvalue weighted by molar-refractivity contribution is -0.145. The summed E-state index contributed by atoms with van der Waals surface area (Å²) in [6.45, 7) is 2.26. The Morgan fingerprint density at radius 1 is 1.60 bits per heavy atom. The van der Waals surface area contributed by atoms with Crippen molar-refractivity contribution in [2.75, 3.05) is 6.61 Å². The number of carbonyl (C=O) groups excluding carboxylic acids is 1. The highest BCUT2D eigenvalue weighted by Crippen LogP contribution is 2.38. The largest absolute Gasteiger partial charge is 0.465 e. The Balaban J connectivity index is 1.97. The van der Waals surface area contributed by atoms with E-state index in [4.69, 9.17) is 9.72 Å². The van der Waals surface area contributed by atoms with Crippen LogP contribution in [0.25, 0.3) is 10.7 Å². The first-order valence-electron chi connectivity index (χ1n) is 6.83. The van der Waals surface area contributed by atoms with Gasteiger partial charge in [0.15, 0.2) is 0 Å². The van der Waals surface area contributed by atoms with Crippen LogP contribution in [0, 0.1) is 0 Å². The first kappa shape index (κ1) is 13.3. The topological polar surface area (TPSA) is 57.0 Å². The van der Waals surface area contributed by atoms with Crippen molar-refractivity contribution in [2.45, 2.75) is 32.1 Å². The molecule has 1 aliphatic carbocycles. The van der Waals surface area contributed by atoms with Crippen molar-refractivity contribution >= 4 is 17.3 Å². The monoisotopic (exact) mass is 291 g/mol. The highest BCUT2D eigenvalue weighted by atomic mass is 32.1. The molecule has 0 bridgehead atoms. The molecule has 0 aliphatic heterocycles. The predicted molar refractivity (Wildman–Crippen MR) is 76.6 cm³/mol. The average molecular weight is 291 g/mol. The number of rotatable bonds is 3. The van der Waals surface area contributed by atoms with Gasteiger partial charge in [-0.25, -0.2) is 9.97 Å². The molecule has 106 valence electrons. The number of hydrogen-bond acceptors (Lipinski definition) is 5. The number of imidazole rings is 1. The Morgan fingerprint density at radius 2 is 2.45 bits per heavy atom. The number of fused-ring (bicyclic) bond motifs is 1. The summed E-state index contributed by atoms with van der Waals surface area (Å²) in [5, 5.41) is 0.936. The van der Waals surface area contributed by atoms with E-state index in [0.29, 0.717) is 6.61 Å². The van der Waals surface area contributed by atoms with Gasteiger partial charge in [0.05, 0.1) is 30.5 Å². The van der Waals surface area contributed by atoms with Crippen LogP contribution >= 0.6 is 11.3 Å². The molecule has 0 radical (unpaired) electrons. The standard InChI is InChI=1S/C14H17N3O2S/c1-3-19-14(18)9-5-4-6-11-12(9)16-13(20-11)10-7-15-8-17(10)2/h7-9H,3-6H2,1-2H3. The van der Waals surface area contributed by atoms with E-state index in [-0.39, 0.29) is 11.9 Å². The smallest absolute Gasteiger partial charge is 0.315 e. The molecule has 0 N–H and O–H groups in total. The summed E-state index contributed by atoms with van der Waals surface area (Å²) in [6, 6.07) is 0. The molecule has 0 fully saturated rings. The zero-order chi connectivity index (χ0) is 14.1. The minimum absolute atomic E-state index is 0.143. The maximum Gasteiger partial charge on any atom is 0.315 e. The van der Waals surface area contributed by atoms with E-state index in [1.165, 1.54) is 4.88 Å². The molecule has 2 heterocycles. The van der Waals surface area contributed by atoms with E-state index in [1.54, 1.807) is 17.7 Å². The van der Waals surface area contributed by atoms with Crippen molar-refractivity contribution in [1.82, 2.24) is 14.5 Å². The summed E-state index contributed by atoms with van der Waals surface area (Å²) >= 11 is 1.67. The maximum absolute atomic E-state index is 12.0. The second-order valence-corrected chi connectivity index (χ2v) is 6.00. The maximum atomic E-state index is 12.0. The van der Waals surface area contributed by atoms with E-state index in [2.05, 4.69) is 4.98 Å².